The molecule has 0 unspecified atom stereocenters. The lowest BCUT2D eigenvalue weighted by atomic mass is 9.99. The Kier molecular flexibility index (Phi) is 2.80. The van der Waals surface area contributed by atoms with Crippen molar-refractivity contribution in [3.8, 4) is 0 Å². The second kappa shape index (κ2) is 3.86. The molecule has 2 aromatic heterocycles. The number of nitrogens with zero attached hydrogens (tertiary/aromatic N) is 2. The SMILES string of the molecule is COC(C)(C)c1cnc2c(c1)c(Br)cn2C. The van der Waals surface area contributed by atoms with Gasteiger partial charge in [-0.3, -0.25) is 0 Å². The summed E-state index contributed by atoms with van der Waals surface area (Å²) in [5, 5.41) is 1.12. The van der Waals surface area contributed by atoms with E-state index in [9.17, 15) is 0 Å². The molecule has 2 heterocycles. The van der Waals surface area contributed by atoms with Crippen LogP contribution in [0, 0.1) is 0 Å². The second-order valence-electron chi connectivity index (χ2n) is 4.40. The number of hydrogen-bond donors (Lipinski definition) is 0. The van der Waals surface area contributed by atoms with Gasteiger partial charge in [0.15, 0.2) is 0 Å². The number of fused-ring (bicyclic) bond motifs is 1. The summed E-state index contributed by atoms with van der Waals surface area (Å²) in [6.07, 6.45) is 3.89. The number of methoxy groups -OCH3 is 1. The number of aryl methyl sites for hydroxylation is 1. The Balaban J connectivity index is 2.64. The highest BCUT2D eigenvalue weighted by Crippen LogP contribution is 2.30. The van der Waals surface area contributed by atoms with Crippen LogP contribution >= 0.6 is 15.9 Å². The minimum absolute atomic E-state index is 0.309. The van der Waals surface area contributed by atoms with Crippen molar-refractivity contribution in [1.29, 1.82) is 0 Å². The van der Waals surface area contributed by atoms with E-state index < -0.39 is 0 Å². The van der Waals surface area contributed by atoms with Crippen molar-refractivity contribution < 1.29 is 4.74 Å². The first-order chi connectivity index (χ1) is 7.45. The maximum absolute atomic E-state index is 5.46. The summed E-state index contributed by atoms with van der Waals surface area (Å²) in [5.41, 5.74) is 1.74. The van der Waals surface area contributed by atoms with Gasteiger partial charge in [-0.25, -0.2) is 4.98 Å². The van der Waals surface area contributed by atoms with Gasteiger partial charge >= 0.3 is 0 Å². The summed E-state index contributed by atoms with van der Waals surface area (Å²) >= 11 is 3.54. The average Bonchev–Trinajstić information content (AvgIpc) is 2.54. The molecule has 86 valence electrons. The van der Waals surface area contributed by atoms with Crippen LogP contribution in [0.3, 0.4) is 0 Å². The van der Waals surface area contributed by atoms with Crippen molar-refractivity contribution in [3.05, 3.63) is 28.5 Å². The second-order valence-corrected chi connectivity index (χ2v) is 5.25. The number of hydrogen-bond acceptors (Lipinski definition) is 2. The van der Waals surface area contributed by atoms with Crippen LogP contribution < -0.4 is 0 Å². The van der Waals surface area contributed by atoms with Crippen LogP contribution in [0.15, 0.2) is 22.9 Å². The number of pyridine rings is 1. The van der Waals surface area contributed by atoms with E-state index in [-0.39, 0.29) is 5.60 Å². The minimum atomic E-state index is -0.309. The Labute approximate surface area is 104 Å². The van der Waals surface area contributed by atoms with Crippen molar-refractivity contribution in [1.82, 2.24) is 9.55 Å². The van der Waals surface area contributed by atoms with Crippen molar-refractivity contribution >= 4 is 27.0 Å². The monoisotopic (exact) mass is 282 g/mol. The Morgan fingerprint density at radius 3 is 2.75 bits per heavy atom. The molecule has 0 spiro atoms. The van der Waals surface area contributed by atoms with Crippen molar-refractivity contribution in [2.45, 2.75) is 19.4 Å². The highest BCUT2D eigenvalue weighted by molar-refractivity contribution is 9.10. The van der Waals surface area contributed by atoms with E-state index in [1.54, 1.807) is 7.11 Å². The normalized spacial score (nSPS) is 12.3. The molecular weight excluding hydrogens is 268 g/mol. The van der Waals surface area contributed by atoms with E-state index in [1.807, 2.05) is 37.9 Å². The topological polar surface area (TPSA) is 27.1 Å². The van der Waals surface area contributed by atoms with Crippen LogP contribution in [0.4, 0.5) is 0 Å². The van der Waals surface area contributed by atoms with Crippen LogP contribution in [-0.2, 0) is 17.4 Å². The van der Waals surface area contributed by atoms with Gasteiger partial charge in [0.2, 0.25) is 0 Å². The van der Waals surface area contributed by atoms with Gasteiger partial charge in [0, 0.05) is 42.0 Å². The van der Waals surface area contributed by atoms with E-state index >= 15 is 0 Å². The van der Waals surface area contributed by atoms with Gasteiger partial charge in [-0.1, -0.05) is 0 Å². The van der Waals surface area contributed by atoms with Crippen molar-refractivity contribution in [3.63, 3.8) is 0 Å². The Hall–Kier alpha value is -0.870. The Morgan fingerprint density at radius 2 is 2.12 bits per heavy atom. The number of rotatable bonds is 2. The van der Waals surface area contributed by atoms with Gasteiger partial charge in [-0.05, 0) is 35.8 Å². The molecule has 4 heteroatoms. The quantitative estimate of drug-likeness (QED) is 0.846. The Morgan fingerprint density at radius 1 is 1.44 bits per heavy atom. The van der Waals surface area contributed by atoms with Crippen molar-refractivity contribution in [2.24, 2.45) is 7.05 Å². The van der Waals surface area contributed by atoms with Gasteiger partial charge in [-0.2, -0.15) is 0 Å². The zero-order valence-electron chi connectivity index (χ0n) is 9.91. The molecule has 0 saturated heterocycles. The van der Waals surface area contributed by atoms with Crippen LogP contribution in [-0.4, -0.2) is 16.7 Å². The fourth-order valence-electron chi connectivity index (χ4n) is 1.66. The zero-order valence-corrected chi connectivity index (χ0v) is 11.5. The summed E-state index contributed by atoms with van der Waals surface area (Å²) in [4.78, 5) is 4.47. The standard InChI is InChI=1S/C12H15BrN2O/c1-12(2,16-4)8-5-9-10(13)7-15(3)11(9)14-6-8/h5-7H,1-4H3. The van der Waals surface area contributed by atoms with Gasteiger partial charge in [0.25, 0.3) is 0 Å². The number of aromatic nitrogens is 2. The molecule has 0 saturated carbocycles. The first-order valence-corrected chi connectivity index (χ1v) is 5.91. The molecule has 0 bridgehead atoms. The molecule has 0 aliphatic carbocycles. The highest BCUT2D eigenvalue weighted by atomic mass is 79.9. The van der Waals surface area contributed by atoms with Crippen LogP contribution in [0.25, 0.3) is 11.0 Å². The highest BCUT2D eigenvalue weighted by Gasteiger charge is 2.21. The molecule has 0 N–H and O–H groups in total. The molecular formula is C12H15BrN2O. The lowest BCUT2D eigenvalue weighted by Crippen LogP contribution is -2.19. The third-order valence-corrected chi connectivity index (χ3v) is 3.60. The largest absolute Gasteiger partial charge is 0.374 e. The molecule has 0 radical (unpaired) electrons. The molecule has 3 nitrogen and oxygen atoms in total. The average molecular weight is 283 g/mol. The Bertz CT molecular complexity index is 531. The number of halogens is 1. The molecule has 2 rings (SSSR count). The third kappa shape index (κ3) is 1.76. The van der Waals surface area contributed by atoms with Gasteiger partial charge in [-0.15, -0.1) is 0 Å². The summed E-state index contributed by atoms with van der Waals surface area (Å²) < 4.78 is 8.52. The van der Waals surface area contributed by atoms with Crippen LogP contribution in [0.5, 0.6) is 0 Å². The molecule has 2 aromatic rings. The smallest absolute Gasteiger partial charge is 0.140 e. The summed E-state index contributed by atoms with van der Waals surface area (Å²) in [6.45, 7) is 4.07. The predicted octanol–water partition coefficient (Wildman–Crippen LogP) is 3.22. The first kappa shape index (κ1) is 11.6. The van der Waals surface area contributed by atoms with Crippen LogP contribution in [0.1, 0.15) is 19.4 Å². The molecule has 0 aliphatic rings. The molecule has 0 fully saturated rings. The maximum atomic E-state index is 5.46. The lowest BCUT2D eigenvalue weighted by Gasteiger charge is -2.23. The van der Waals surface area contributed by atoms with E-state index in [0.717, 1.165) is 21.1 Å². The zero-order chi connectivity index (χ0) is 11.9. The first-order valence-electron chi connectivity index (χ1n) is 5.12. The summed E-state index contributed by atoms with van der Waals surface area (Å²) in [5.74, 6) is 0. The fourth-order valence-corrected chi connectivity index (χ4v) is 2.26. The fraction of sp³-hybridized carbons (Fsp3) is 0.417. The number of ether oxygens (including phenoxy) is 1. The maximum Gasteiger partial charge on any atom is 0.140 e. The van der Waals surface area contributed by atoms with Gasteiger partial charge < -0.3 is 9.30 Å². The van der Waals surface area contributed by atoms with Crippen molar-refractivity contribution in [2.75, 3.05) is 7.11 Å². The third-order valence-electron chi connectivity index (χ3n) is 2.97. The van der Waals surface area contributed by atoms with E-state index in [2.05, 4.69) is 27.0 Å². The molecule has 0 amide bonds. The predicted molar refractivity (Wildman–Crippen MR) is 68.4 cm³/mol. The molecule has 0 aliphatic heterocycles. The molecule has 0 atom stereocenters. The van der Waals surface area contributed by atoms with E-state index in [4.69, 9.17) is 4.74 Å². The molecule has 0 aromatic carbocycles. The minimum Gasteiger partial charge on any atom is -0.374 e. The lowest BCUT2D eigenvalue weighted by molar-refractivity contribution is 0.0191. The van der Waals surface area contributed by atoms with E-state index in [0.29, 0.717) is 0 Å². The summed E-state index contributed by atoms with van der Waals surface area (Å²) in [7, 11) is 3.70. The molecule has 16 heavy (non-hydrogen) atoms. The van der Waals surface area contributed by atoms with Gasteiger partial charge in [0.05, 0.1) is 5.60 Å². The van der Waals surface area contributed by atoms with Gasteiger partial charge in [0.1, 0.15) is 5.65 Å². The summed E-state index contributed by atoms with van der Waals surface area (Å²) in [6, 6.07) is 2.12. The van der Waals surface area contributed by atoms with Crippen LogP contribution in [0.2, 0.25) is 0 Å². The van der Waals surface area contributed by atoms with E-state index in [1.165, 1.54) is 0 Å².